The molecule has 4 rings (SSSR count). The van der Waals surface area contributed by atoms with Gasteiger partial charge in [0.15, 0.2) is 0 Å². The van der Waals surface area contributed by atoms with Crippen LogP contribution in [0.2, 0.25) is 0 Å². The topological polar surface area (TPSA) is 46.6 Å². The van der Waals surface area contributed by atoms with E-state index in [-0.39, 0.29) is 13.1 Å². The molecule has 0 aliphatic carbocycles. The Balaban J connectivity index is 1.72. The van der Waals surface area contributed by atoms with Crippen molar-refractivity contribution in [3.8, 4) is 5.75 Å². The molecule has 0 aromatic heterocycles. The van der Waals surface area contributed by atoms with E-state index in [9.17, 15) is 8.42 Å². The number of hydrogen-bond acceptors (Lipinski definition) is 3. The van der Waals surface area contributed by atoms with Gasteiger partial charge in [0.1, 0.15) is 5.75 Å². The summed E-state index contributed by atoms with van der Waals surface area (Å²) in [6, 6.07) is 28.6. The largest absolute Gasteiger partial charge is 0.496 e. The molecule has 0 heterocycles. The summed E-state index contributed by atoms with van der Waals surface area (Å²) in [6.07, 6.45) is 3.84. The number of ether oxygens (including phenoxy) is 1. The molecule has 0 bridgehead atoms. The summed E-state index contributed by atoms with van der Waals surface area (Å²) in [7, 11) is -2.06. The second-order valence-corrected chi connectivity index (χ2v) is 9.83. The monoisotopic (exact) mass is 457 g/mol. The van der Waals surface area contributed by atoms with Crippen LogP contribution in [-0.2, 0) is 16.6 Å². The number of methoxy groups -OCH3 is 1. The van der Waals surface area contributed by atoms with Crippen LogP contribution in [0, 0.1) is 6.92 Å². The Morgan fingerprint density at radius 3 is 2.18 bits per heavy atom. The summed E-state index contributed by atoms with van der Waals surface area (Å²) in [6.45, 7) is 2.45. The number of rotatable bonds is 8. The quantitative estimate of drug-likeness (QED) is 0.323. The first kappa shape index (κ1) is 22.8. The first-order valence-corrected chi connectivity index (χ1v) is 12.3. The minimum Gasteiger partial charge on any atom is -0.496 e. The van der Waals surface area contributed by atoms with Gasteiger partial charge < -0.3 is 4.74 Å². The third-order valence-corrected chi connectivity index (χ3v) is 7.44. The smallest absolute Gasteiger partial charge is 0.243 e. The van der Waals surface area contributed by atoms with E-state index >= 15 is 0 Å². The first-order valence-electron chi connectivity index (χ1n) is 10.8. The third kappa shape index (κ3) is 5.16. The van der Waals surface area contributed by atoms with Crippen molar-refractivity contribution in [1.82, 2.24) is 4.31 Å². The maximum absolute atomic E-state index is 13.6. The lowest BCUT2D eigenvalue weighted by Gasteiger charge is -2.22. The lowest BCUT2D eigenvalue weighted by molar-refractivity contribution is 0.419. The van der Waals surface area contributed by atoms with Gasteiger partial charge in [-0.05, 0) is 41.6 Å². The highest BCUT2D eigenvalue weighted by Crippen LogP contribution is 2.30. The summed E-state index contributed by atoms with van der Waals surface area (Å²) in [5, 5.41) is 1.94. The van der Waals surface area contributed by atoms with Gasteiger partial charge in [0.25, 0.3) is 0 Å². The Morgan fingerprint density at radius 2 is 1.48 bits per heavy atom. The molecule has 0 saturated carbocycles. The van der Waals surface area contributed by atoms with Gasteiger partial charge in [-0.25, -0.2) is 8.42 Å². The molecule has 4 aromatic rings. The van der Waals surface area contributed by atoms with Crippen LogP contribution in [0.1, 0.15) is 16.7 Å². The molecule has 0 spiro atoms. The molecule has 168 valence electrons. The molecule has 0 unspecified atom stereocenters. The average Bonchev–Trinajstić information content (AvgIpc) is 2.84. The Labute approximate surface area is 195 Å². The Bertz CT molecular complexity index is 1360. The Hall–Kier alpha value is -3.41. The van der Waals surface area contributed by atoms with Gasteiger partial charge in [-0.1, -0.05) is 90.5 Å². The number of fused-ring (bicyclic) bond motifs is 1. The van der Waals surface area contributed by atoms with Gasteiger partial charge in [-0.3, -0.25) is 0 Å². The van der Waals surface area contributed by atoms with Crippen LogP contribution in [0.25, 0.3) is 16.8 Å². The standard InChI is InChI=1S/C28H27NO3S/c1-22-14-17-25(18-15-22)33(30,31)29(20-8-11-23-9-4-3-5-10-23)21-24-16-19-28(32-2)27-13-7-6-12-26(24)27/h3-19H,20-21H2,1-2H3/b11-8+. The van der Waals surface area contributed by atoms with E-state index in [1.54, 1.807) is 19.2 Å². The lowest BCUT2D eigenvalue weighted by atomic mass is 10.0. The molecule has 0 radical (unpaired) electrons. The minimum absolute atomic E-state index is 0.250. The predicted octanol–water partition coefficient (Wildman–Crippen LogP) is 6.06. The first-order chi connectivity index (χ1) is 16.0. The van der Waals surface area contributed by atoms with E-state index in [0.717, 1.165) is 33.2 Å². The molecule has 4 nitrogen and oxygen atoms in total. The summed E-state index contributed by atoms with van der Waals surface area (Å²) in [5.41, 5.74) is 2.97. The normalized spacial score (nSPS) is 12.0. The van der Waals surface area contributed by atoms with Crippen LogP contribution < -0.4 is 4.74 Å². The Morgan fingerprint density at radius 1 is 0.818 bits per heavy atom. The zero-order valence-electron chi connectivity index (χ0n) is 18.8. The van der Waals surface area contributed by atoms with Gasteiger partial charge in [0.2, 0.25) is 10.0 Å². The molecule has 0 N–H and O–H groups in total. The summed E-state index contributed by atoms with van der Waals surface area (Å²) in [5.74, 6) is 0.770. The zero-order chi connectivity index (χ0) is 23.3. The van der Waals surface area contributed by atoms with Crippen molar-refractivity contribution in [2.45, 2.75) is 18.4 Å². The van der Waals surface area contributed by atoms with Gasteiger partial charge in [0, 0.05) is 18.5 Å². The van der Waals surface area contributed by atoms with Crippen LogP contribution >= 0.6 is 0 Å². The van der Waals surface area contributed by atoms with Crippen LogP contribution in [0.3, 0.4) is 0 Å². The zero-order valence-corrected chi connectivity index (χ0v) is 19.6. The maximum Gasteiger partial charge on any atom is 0.243 e. The van der Waals surface area contributed by atoms with E-state index in [2.05, 4.69) is 0 Å². The molecule has 0 aliphatic heterocycles. The van der Waals surface area contributed by atoms with Crippen molar-refractivity contribution in [3.63, 3.8) is 0 Å². The fourth-order valence-electron chi connectivity index (χ4n) is 3.82. The molecule has 4 aromatic carbocycles. The van der Waals surface area contributed by atoms with Crippen molar-refractivity contribution < 1.29 is 13.2 Å². The minimum atomic E-state index is -3.70. The van der Waals surface area contributed by atoms with Crippen molar-refractivity contribution >= 4 is 26.9 Å². The molecule has 0 saturated heterocycles. The highest BCUT2D eigenvalue weighted by atomic mass is 32.2. The van der Waals surface area contributed by atoms with E-state index in [0.29, 0.717) is 4.90 Å². The molecule has 0 amide bonds. The van der Waals surface area contributed by atoms with E-state index in [1.165, 1.54) is 4.31 Å². The van der Waals surface area contributed by atoms with Gasteiger partial charge in [-0.15, -0.1) is 0 Å². The fraction of sp³-hybridized carbons (Fsp3) is 0.143. The molecule has 0 aliphatic rings. The van der Waals surface area contributed by atoms with E-state index in [4.69, 9.17) is 4.74 Å². The SMILES string of the molecule is COc1ccc(CN(C/C=C/c2ccccc2)S(=O)(=O)c2ccc(C)cc2)c2ccccc12. The van der Waals surface area contributed by atoms with Gasteiger partial charge in [0.05, 0.1) is 12.0 Å². The molecular weight excluding hydrogens is 430 g/mol. The molecule has 0 fully saturated rings. The summed E-state index contributed by atoms with van der Waals surface area (Å²) < 4.78 is 34.3. The number of nitrogens with zero attached hydrogens (tertiary/aromatic N) is 1. The molecular formula is C28H27NO3S. The molecule has 5 heteroatoms. The number of sulfonamides is 1. The molecule has 0 atom stereocenters. The summed E-state index contributed by atoms with van der Waals surface area (Å²) >= 11 is 0. The highest BCUT2D eigenvalue weighted by Gasteiger charge is 2.24. The number of hydrogen-bond donors (Lipinski definition) is 0. The second kappa shape index (κ2) is 10.0. The van der Waals surface area contributed by atoms with Gasteiger partial charge >= 0.3 is 0 Å². The van der Waals surface area contributed by atoms with Crippen molar-refractivity contribution in [3.05, 3.63) is 114 Å². The van der Waals surface area contributed by atoms with Crippen LogP contribution in [0.4, 0.5) is 0 Å². The van der Waals surface area contributed by atoms with Gasteiger partial charge in [-0.2, -0.15) is 4.31 Å². The van der Waals surface area contributed by atoms with Crippen molar-refractivity contribution in [2.75, 3.05) is 13.7 Å². The van der Waals surface area contributed by atoms with Crippen molar-refractivity contribution in [1.29, 1.82) is 0 Å². The summed E-state index contributed by atoms with van der Waals surface area (Å²) in [4.78, 5) is 0.291. The Kier molecular flexibility index (Phi) is 6.92. The van der Waals surface area contributed by atoms with E-state index < -0.39 is 10.0 Å². The molecule has 33 heavy (non-hydrogen) atoms. The maximum atomic E-state index is 13.6. The number of aryl methyl sites for hydroxylation is 1. The van der Waals surface area contributed by atoms with Crippen LogP contribution in [0.15, 0.2) is 102 Å². The lowest BCUT2D eigenvalue weighted by Crippen LogP contribution is -2.31. The van der Waals surface area contributed by atoms with E-state index in [1.807, 2.05) is 97.9 Å². The average molecular weight is 458 g/mol. The third-order valence-electron chi connectivity index (χ3n) is 5.62. The number of benzene rings is 4. The predicted molar refractivity (Wildman–Crippen MR) is 135 cm³/mol. The highest BCUT2D eigenvalue weighted by molar-refractivity contribution is 7.89. The van der Waals surface area contributed by atoms with Crippen LogP contribution in [0.5, 0.6) is 5.75 Å². The second-order valence-electron chi connectivity index (χ2n) is 7.90. The van der Waals surface area contributed by atoms with Crippen molar-refractivity contribution in [2.24, 2.45) is 0 Å². The fourth-order valence-corrected chi connectivity index (χ4v) is 5.19. The van der Waals surface area contributed by atoms with Crippen LogP contribution in [-0.4, -0.2) is 26.4 Å².